The molecule has 150 valence electrons. The number of amides is 1. The van der Waals surface area contributed by atoms with Crippen LogP contribution in [-0.4, -0.2) is 30.8 Å². The molecule has 2 aromatic rings. The first-order valence-corrected chi connectivity index (χ1v) is 10.5. The minimum Gasteiger partial charge on any atom is -0.489 e. The summed E-state index contributed by atoms with van der Waals surface area (Å²) in [5, 5.41) is 2.85. The first-order chi connectivity index (χ1) is 14.2. The van der Waals surface area contributed by atoms with E-state index in [-0.39, 0.29) is 12.0 Å². The van der Waals surface area contributed by atoms with Crippen molar-refractivity contribution in [2.24, 2.45) is 10.9 Å². The molecule has 2 unspecified atom stereocenters. The molecule has 29 heavy (non-hydrogen) atoms. The number of nitrogens with one attached hydrogen (secondary N) is 1. The molecule has 0 saturated carbocycles. The van der Waals surface area contributed by atoms with Crippen molar-refractivity contribution in [2.75, 3.05) is 13.1 Å². The lowest BCUT2D eigenvalue weighted by Gasteiger charge is -2.23. The van der Waals surface area contributed by atoms with Gasteiger partial charge in [0.2, 0.25) is 5.91 Å². The number of carbonyl (C=O) groups is 1. The highest BCUT2D eigenvalue weighted by Gasteiger charge is 2.19. The van der Waals surface area contributed by atoms with Crippen molar-refractivity contribution in [1.29, 1.82) is 0 Å². The zero-order valence-electron chi connectivity index (χ0n) is 16.9. The SMILES string of the molecule is CCC1C=CC(c2ccc(Cc3ccc(OC4CCC(=O)NC4)cc3)cc2)=NC1. The second kappa shape index (κ2) is 9.08. The maximum atomic E-state index is 11.2. The van der Waals surface area contributed by atoms with Gasteiger partial charge < -0.3 is 10.1 Å². The van der Waals surface area contributed by atoms with Gasteiger partial charge in [-0.05, 0) is 60.1 Å². The monoisotopic (exact) mass is 388 g/mol. The van der Waals surface area contributed by atoms with Crippen LogP contribution in [0.1, 0.15) is 42.9 Å². The fraction of sp³-hybridized carbons (Fsp3) is 0.360. The van der Waals surface area contributed by atoms with Crippen LogP contribution in [-0.2, 0) is 11.2 Å². The largest absolute Gasteiger partial charge is 0.489 e. The maximum absolute atomic E-state index is 11.2. The van der Waals surface area contributed by atoms with Gasteiger partial charge in [0.25, 0.3) is 0 Å². The molecule has 4 nitrogen and oxygen atoms in total. The minimum absolute atomic E-state index is 0.0652. The highest BCUT2D eigenvalue weighted by Crippen LogP contribution is 2.20. The highest BCUT2D eigenvalue weighted by atomic mass is 16.5. The van der Waals surface area contributed by atoms with Crippen LogP contribution in [0.25, 0.3) is 0 Å². The summed E-state index contributed by atoms with van der Waals surface area (Å²) in [6, 6.07) is 17.0. The number of carbonyl (C=O) groups excluding carboxylic acids is 1. The van der Waals surface area contributed by atoms with E-state index in [2.05, 4.69) is 60.8 Å². The molecule has 1 fully saturated rings. The summed E-state index contributed by atoms with van der Waals surface area (Å²) in [6.07, 6.45) is 7.85. The molecule has 0 aliphatic carbocycles. The molecule has 1 amide bonds. The van der Waals surface area contributed by atoms with E-state index in [0.29, 0.717) is 18.9 Å². The summed E-state index contributed by atoms with van der Waals surface area (Å²) in [4.78, 5) is 16.0. The highest BCUT2D eigenvalue weighted by molar-refractivity contribution is 6.09. The summed E-state index contributed by atoms with van der Waals surface area (Å²) < 4.78 is 5.97. The Morgan fingerprint density at radius 1 is 1.07 bits per heavy atom. The molecule has 2 aliphatic heterocycles. The second-order valence-corrected chi connectivity index (χ2v) is 7.85. The Kier molecular flexibility index (Phi) is 6.09. The van der Waals surface area contributed by atoms with Crippen molar-refractivity contribution in [2.45, 2.75) is 38.7 Å². The Hall–Kier alpha value is -2.88. The molecule has 0 aromatic heterocycles. The standard InChI is InChI=1S/C25H28N2O2/c1-2-18-7-13-24(26-16-18)21-8-3-19(4-9-21)15-20-5-10-22(11-6-20)29-23-12-14-25(28)27-17-23/h3-11,13,18,23H,2,12,14-17H2,1H3,(H,27,28). The molecule has 0 spiro atoms. The van der Waals surface area contributed by atoms with Crippen LogP contribution in [0, 0.1) is 5.92 Å². The lowest BCUT2D eigenvalue weighted by atomic mass is 9.98. The van der Waals surface area contributed by atoms with Crippen LogP contribution >= 0.6 is 0 Å². The smallest absolute Gasteiger partial charge is 0.220 e. The van der Waals surface area contributed by atoms with Gasteiger partial charge in [-0.1, -0.05) is 49.4 Å². The average Bonchev–Trinajstić information content (AvgIpc) is 2.77. The Morgan fingerprint density at radius 3 is 2.38 bits per heavy atom. The van der Waals surface area contributed by atoms with Crippen LogP contribution in [0.5, 0.6) is 5.75 Å². The molecular weight excluding hydrogens is 360 g/mol. The van der Waals surface area contributed by atoms with Crippen LogP contribution in [0.15, 0.2) is 65.7 Å². The molecule has 1 saturated heterocycles. The Balaban J connectivity index is 1.33. The van der Waals surface area contributed by atoms with E-state index < -0.39 is 0 Å². The third-order valence-corrected chi connectivity index (χ3v) is 5.65. The molecule has 0 bridgehead atoms. The van der Waals surface area contributed by atoms with Gasteiger partial charge in [-0.15, -0.1) is 0 Å². The molecule has 2 heterocycles. The molecule has 2 aromatic carbocycles. The lowest BCUT2D eigenvalue weighted by molar-refractivity contribution is -0.123. The van der Waals surface area contributed by atoms with Gasteiger partial charge in [-0.3, -0.25) is 9.79 Å². The van der Waals surface area contributed by atoms with Crippen molar-refractivity contribution < 1.29 is 9.53 Å². The summed E-state index contributed by atoms with van der Waals surface area (Å²) in [6.45, 7) is 3.69. The van der Waals surface area contributed by atoms with Crippen molar-refractivity contribution in [3.63, 3.8) is 0 Å². The predicted octanol–water partition coefficient (Wildman–Crippen LogP) is 4.32. The number of ether oxygens (including phenoxy) is 1. The van der Waals surface area contributed by atoms with Crippen LogP contribution in [0.2, 0.25) is 0 Å². The number of hydrogen-bond acceptors (Lipinski definition) is 3. The molecule has 4 heteroatoms. The van der Waals surface area contributed by atoms with Crippen molar-refractivity contribution >= 4 is 11.6 Å². The van der Waals surface area contributed by atoms with Crippen molar-refractivity contribution in [3.05, 3.63) is 77.4 Å². The number of piperidine rings is 1. The molecule has 2 atom stereocenters. The number of dihydropyridines is 1. The second-order valence-electron chi connectivity index (χ2n) is 7.85. The topological polar surface area (TPSA) is 50.7 Å². The predicted molar refractivity (Wildman–Crippen MR) is 117 cm³/mol. The van der Waals surface area contributed by atoms with Gasteiger partial charge >= 0.3 is 0 Å². The Morgan fingerprint density at radius 2 is 1.79 bits per heavy atom. The van der Waals surface area contributed by atoms with Gasteiger partial charge in [0.1, 0.15) is 11.9 Å². The summed E-state index contributed by atoms with van der Waals surface area (Å²) in [5.74, 6) is 1.56. The first-order valence-electron chi connectivity index (χ1n) is 10.5. The number of hydrogen-bond donors (Lipinski definition) is 1. The van der Waals surface area contributed by atoms with Gasteiger partial charge in [-0.25, -0.2) is 0 Å². The molecular formula is C25H28N2O2. The number of benzene rings is 2. The van der Waals surface area contributed by atoms with Crippen molar-refractivity contribution in [3.8, 4) is 5.75 Å². The fourth-order valence-electron chi connectivity index (χ4n) is 3.73. The lowest BCUT2D eigenvalue weighted by Crippen LogP contribution is -2.40. The van der Waals surface area contributed by atoms with E-state index in [9.17, 15) is 4.79 Å². The number of rotatable bonds is 6. The van der Waals surface area contributed by atoms with Crippen LogP contribution in [0.4, 0.5) is 0 Å². The van der Waals surface area contributed by atoms with Gasteiger partial charge in [-0.2, -0.15) is 0 Å². The van der Waals surface area contributed by atoms with Gasteiger partial charge in [0, 0.05) is 13.0 Å². The summed E-state index contributed by atoms with van der Waals surface area (Å²) >= 11 is 0. The van der Waals surface area contributed by atoms with E-state index in [1.165, 1.54) is 16.7 Å². The van der Waals surface area contributed by atoms with E-state index >= 15 is 0 Å². The third kappa shape index (κ3) is 5.14. The van der Waals surface area contributed by atoms with Crippen molar-refractivity contribution in [1.82, 2.24) is 5.32 Å². The molecule has 1 N–H and O–H groups in total. The van der Waals surface area contributed by atoms with Gasteiger partial charge in [0.05, 0.1) is 12.3 Å². The zero-order valence-corrected chi connectivity index (χ0v) is 16.9. The molecule has 4 rings (SSSR count). The molecule has 0 radical (unpaired) electrons. The number of nitrogens with zero attached hydrogens (tertiary/aromatic N) is 1. The number of allylic oxidation sites excluding steroid dienone is 1. The normalized spacial score (nSPS) is 21.4. The van der Waals surface area contributed by atoms with E-state index in [1.54, 1.807) is 0 Å². The Bertz CT molecular complexity index is 887. The maximum Gasteiger partial charge on any atom is 0.220 e. The Labute approximate surface area is 172 Å². The van der Waals surface area contributed by atoms with E-state index in [4.69, 9.17) is 9.73 Å². The molecule has 2 aliphatic rings. The van der Waals surface area contributed by atoms with Crippen LogP contribution in [0.3, 0.4) is 0 Å². The minimum atomic E-state index is 0.0652. The quantitative estimate of drug-likeness (QED) is 0.801. The van der Waals surface area contributed by atoms with E-state index in [0.717, 1.165) is 37.3 Å². The first kappa shape index (κ1) is 19.4. The van der Waals surface area contributed by atoms with Crippen LogP contribution < -0.4 is 10.1 Å². The fourth-order valence-corrected chi connectivity index (χ4v) is 3.73. The number of aliphatic imine (C=N–C) groups is 1. The third-order valence-electron chi connectivity index (χ3n) is 5.65. The average molecular weight is 389 g/mol. The summed E-state index contributed by atoms with van der Waals surface area (Å²) in [5.41, 5.74) is 4.80. The van der Waals surface area contributed by atoms with Gasteiger partial charge in [0.15, 0.2) is 0 Å². The summed E-state index contributed by atoms with van der Waals surface area (Å²) in [7, 11) is 0. The van der Waals surface area contributed by atoms with E-state index in [1.807, 2.05) is 12.1 Å². The zero-order chi connectivity index (χ0) is 20.1.